The molecule has 0 radical (unpaired) electrons. The molecule has 4 aromatic carbocycles. The summed E-state index contributed by atoms with van der Waals surface area (Å²) < 4.78 is 173. The van der Waals surface area contributed by atoms with E-state index in [4.69, 9.17) is 50.1 Å². The molecular formula is C52H38F14HfN8O4-2. The quantitative estimate of drug-likeness (QED) is 0.0697. The van der Waals surface area contributed by atoms with Crippen LogP contribution in [-0.4, -0.2) is 87.7 Å². The molecule has 27 heteroatoms. The Morgan fingerprint density at radius 2 is 0.608 bits per heavy atom. The number of hydrogen-bond acceptors (Lipinski definition) is 10. The zero-order valence-electron chi connectivity index (χ0n) is 41.5. The van der Waals surface area contributed by atoms with Crippen molar-refractivity contribution >= 4 is 55.7 Å². The van der Waals surface area contributed by atoms with Gasteiger partial charge in [-0.3, -0.25) is 9.59 Å². The predicted octanol–water partition coefficient (Wildman–Crippen LogP) is 13.9. The monoisotopic (exact) mass is 1280 g/mol. The Morgan fingerprint density at radius 1 is 0.392 bits per heavy atom. The number of nitrogens with zero attached hydrogens (tertiary/aromatic N) is 8. The molecule has 2 aliphatic rings. The van der Waals surface area contributed by atoms with E-state index in [1.165, 1.54) is 41.5 Å². The van der Waals surface area contributed by atoms with Crippen LogP contribution in [0.2, 0.25) is 0 Å². The van der Waals surface area contributed by atoms with Gasteiger partial charge in [0.15, 0.2) is 23.1 Å². The number of rotatable bonds is 6. The maximum absolute atomic E-state index is 12.9. The molecule has 0 atom stereocenters. The van der Waals surface area contributed by atoms with Crippen LogP contribution >= 0.6 is 0 Å². The van der Waals surface area contributed by atoms with Gasteiger partial charge in [-0.2, -0.15) is 61.5 Å². The van der Waals surface area contributed by atoms with Crippen molar-refractivity contribution in [3.8, 4) is 45.6 Å². The second-order valence-corrected chi connectivity index (χ2v) is 19.2. The first-order chi connectivity index (χ1) is 35.9. The van der Waals surface area contributed by atoms with E-state index in [1.807, 2.05) is 97.1 Å². The van der Waals surface area contributed by atoms with E-state index in [9.17, 15) is 71.1 Å². The Kier molecular flexibility index (Phi) is 16.4. The number of benzene rings is 4. The van der Waals surface area contributed by atoms with Gasteiger partial charge < -0.3 is 40.1 Å². The normalized spacial score (nSPS) is 13.6. The number of carbonyl (C=O) groups is 2. The fraction of sp³-hybridized carbons (Fsp3) is 0.269. The SMILES string of the molecule is CC(C)(C)C(=O)/C=C(\O)C(F)(F)C(F)(F)C(F)(F)F.CC(C)(C)C(=O)/C=C(\O)C(F)(F)C(F)(F)C(F)(F)F.[Hf].c1ccc2c(c1)-c1nc-2nc2[n-]c(nc3nc(nc4[n-]c(n1)c1ccccc41)-c1ccccc1-3)c1ccccc21. The van der Waals surface area contributed by atoms with Crippen molar-refractivity contribution < 1.29 is 107 Å². The molecule has 0 fully saturated rings. The summed E-state index contributed by atoms with van der Waals surface area (Å²) in [7, 11) is 0. The molecule has 0 unspecified atom stereocenters. The van der Waals surface area contributed by atoms with Crippen molar-refractivity contribution in [2.45, 2.75) is 77.6 Å². The summed E-state index contributed by atoms with van der Waals surface area (Å²) in [5.74, 6) is -30.3. The second-order valence-electron chi connectivity index (χ2n) is 19.2. The van der Waals surface area contributed by atoms with E-state index >= 15 is 0 Å². The van der Waals surface area contributed by atoms with Crippen LogP contribution in [0.1, 0.15) is 41.5 Å². The zero-order chi connectivity index (χ0) is 57.9. The van der Waals surface area contributed by atoms with Gasteiger partial charge in [-0.1, -0.05) is 139 Å². The Morgan fingerprint density at radius 3 is 0.810 bits per heavy atom. The van der Waals surface area contributed by atoms with Gasteiger partial charge in [0.2, 0.25) is 0 Å². The number of ketones is 2. The third kappa shape index (κ3) is 11.7. The molecule has 0 spiro atoms. The fourth-order valence-corrected chi connectivity index (χ4v) is 7.00. The molecule has 79 heavy (non-hydrogen) atoms. The Hall–Kier alpha value is -7.45. The van der Waals surface area contributed by atoms with Crippen LogP contribution in [-0.2, 0) is 35.4 Å². The van der Waals surface area contributed by atoms with Crippen molar-refractivity contribution in [3.05, 3.63) is 121 Å². The third-order valence-electron chi connectivity index (χ3n) is 11.5. The second kappa shape index (κ2) is 21.3. The number of hydrogen-bond donors (Lipinski definition) is 2. The molecule has 7 aromatic rings. The minimum Gasteiger partial charge on any atom is -0.506 e. The average molecular weight is 1280 g/mol. The minimum absolute atomic E-state index is 0. The van der Waals surface area contributed by atoms with Crippen LogP contribution in [0.5, 0.6) is 0 Å². The van der Waals surface area contributed by atoms with E-state index in [1.54, 1.807) is 0 Å². The first kappa shape index (κ1) is 60.8. The summed E-state index contributed by atoms with van der Waals surface area (Å²) in [5, 5.41) is 21.0. The third-order valence-corrected chi connectivity index (χ3v) is 11.5. The summed E-state index contributed by atoms with van der Waals surface area (Å²) in [5.41, 5.74) is 3.14. The van der Waals surface area contributed by atoms with Gasteiger partial charge in [-0.05, 0) is 21.5 Å². The maximum atomic E-state index is 12.9. The standard InChI is InChI=1S/C32H16N8.2C10H11F7O2.Hf/c1-2-10-18-17(9-1)25-33-26(18)38-28-21-13-5-6-14-22(21)30(35-28)40-32-24-16-8-7-15-23(24)31(36-32)39-29-20-12-4-3-11-19(20)27(34-29)37-25;2*1-7(2,3)5(18)4-6(19)8(11,12)9(13,14)10(15,16)17;/h1-16H;2*4,19H,1-3H3;/q-2;;;/b;2*6-4-;. The Bertz CT molecular complexity index is 3350. The van der Waals surface area contributed by atoms with Crippen molar-refractivity contribution in [2.75, 3.05) is 0 Å². The molecule has 2 N–H and O–H groups in total. The van der Waals surface area contributed by atoms with Crippen molar-refractivity contribution in [1.29, 1.82) is 0 Å². The summed E-state index contributed by atoms with van der Waals surface area (Å²) in [4.78, 5) is 61.7. The first-order valence-corrected chi connectivity index (χ1v) is 22.5. The largest absolute Gasteiger partial charge is 0.506 e. The van der Waals surface area contributed by atoms with Crippen molar-refractivity contribution in [2.24, 2.45) is 10.8 Å². The van der Waals surface area contributed by atoms with Crippen molar-refractivity contribution in [1.82, 2.24) is 39.9 Å². The molecule has 0 saturated heterocycles. The van der Waals surface area contributed by atoms with E-state index in [0.717, 1.165) is 43.8 Å². The zero-order valence-corrected chi connectivity index (χ0v) is 45.1. The molecule has 0 saturated carbocycles. The van der Waals surface area contributed by atoms with Gasteiger partial charge in [0.1, 0.15) is 0 Å². The fourth-order valence-electron chi connectivity index (χ4n) is 7.00. The molecular weight excluding hydrogens is 1250 g/mol. The molecule has 12 nitrogen and oxygen atoms in total. The number of aliphatic hydroxyl groups is 2. The van der Waals surface area contributed by atoms with Crippen LogP contribution in [0.3, 0.4) is 0 Å². The molecule has 5 heterocycles. The summed E-state index contributed by atoms with van der Waals surface area (Å²) in [6.45, 7) is 7.24. The molecule has 0 amide bonds. The number of carbonyl (C=O) groups excluding carboxylic acids is 2. The number of aliphatic hydroxyl groups excluding tert-OH is 2. The van der Waals surface area contributed by atoms with Gasteiger partial charge in [0, 0.05) is 93.7 Å². The molecule has 9 rings (SSSR count). The van der Waals surface area contributed by atoms with Crippen LogP contribution in [0.15, 0.2) is 121 Å². The van der Waals surface area contributed by atoms with Crippen molar-refractivity contribution in [3.63, 3.8) is 0 Å². The maximum Gasteiger partial charge on any atom is 0.460 e. The van der Waals surface area contributed by atoms with Crippen LogP contribution in [0.4, 0.5) is 61.5 Å². The van der Waals surface area contributed by atoms with E-state index < -0.39 is 70.0 Å². The smallest absolute Gasteiger partial charge is 0.460 e. The number of alkyl halides is 14. The number of halogens is 14. The number of aromatic nitrogens is 8. The van der Waals surface area contributed by atoms with Gasteiger partial charge >= 0.3 is 36.0 Å². The number of fused-ring (bicyclic) bond motifs is 20. The summed E-state index contributed by atoms with van der Waals surface area (Å²) >= 11 is 0. The summed E-state index contributed by atoms with van der Waals surface area (Å²) in [6, 6.07) is 31.8. The van der Waals surface area contributed by atoms with Crippen LogP contribution in [0, 0.1) is 10.8 Å². The Balaban J connectivity index is 0.000000220. The van der Waals surface area contributed by atoms with E-state index in [0.29, 0.717) is 45.9 Å². The molecule has 0 aliphatic carbocycles. The molecule has 8 bridgehead atoms. The number of allylic oxidation sites excluding steroid dienone is 4. The molecule has 2 aliphatic heterocycles. The van der Waals surface area contributed by atoms with E-state index in [2.05, 4.69) is 0 Å². The predicted molar refractivity (Wildman–Crippen MR) is 256 cm³/mol. The summed E-state index contributed by atoms with van der Waals surface area (Å²) in [6.07, 6.45) is -13.8. The van der Waals surface area contributed by atoms with Crippen LogP contribution in [0.25, 0.3) is 89.7 Å². The Labute approximate surface area is 455 Å². The molecule has 3 aromatic heterocycles. The minimum atomic E-state index is -6.57. The first-order valence-electron chi connectivity index (χ1n) is 22.5. The molecule has 414 valence electrons. The topological polar surface area (TPSA) is 180 Å². The average Bonchev–Trinajstić information content (AvgIpc) is 4.17. The van der Waals surface area contributed by atoms with Gasteiger partial charge in [-0.25, -0.2) is 9.97 Å². The van der Waals surface area contributed by atoms with Crippen LogP contribution < -0.4 is 9.97 Å². The van der Waals surface area contributed by atoms with Gasteiger partial charge in [0.25, 0.3) is 0 Å². The van der Waals surface area contributed by atoms with Gasteiger partial charge in [0.05, 0.1) is 23.3 Å². The van der Waals surface area contributed by atoms with Gasteiger partial charge in [-0.15, -0.1) is 0 Å². The van der Waals surface area contributed by atoms with E-state index in [-0.39, 0.29) is 38.0 Å².